The molecule has 1 aromatic rings. The minimum Gasteiger partial charge on any atom is -0.467 e. The van der Waals surface area contributed by atoms with Crippen molar-refractivity contribution >= 4 is 11.9 Å². The number of carbonyl (C=O) groups excluding carboxylic acids is 2. The predicted octanol–water partition coefficient (Wildman–Crippen LogP) is 1.97. The zero-order valence-electron chi connectivity index (χ0n) is 12.2. The highest BCUT2D eigenvalue weighted by molar-refractivity contribution is 5.85. The van der Waals surface area contributed by atoms with Crippen molar-refractivity contribution in [3.05, 3.63) is 35.4 Å². The molecule has 0 radical (unpaired) electrons. The molecule has 0 aliphatic carbocycles. The quantitative estimate of drug-likeness (QED) is 0.476. The Bertz CT molecular complexity index is 561. The highest BCUT2D eigenvalue weighted by Crippen LogP contribution is 2.09. The molecule has 0 saturated carbocycles. The van der Waals surface area contributed by atoms with Crippen LogP contribution in [0.25, 0.3) is 0 Å². The highest BCUT2D eigenvalue weighted by atomic mass is 19.1. The van der Waals surface area contributed by atoms with Crippen molar-refractivity contribution in [3.63, 3.8) is 0 Å². The van der Waals surface area contributed by atoms with Crippen LogP contribution in [0.1, 0.15) is 24.8 Å². The number of ether oxygens (including phenoxy) is 1. The maximum Gasteiger partial charge on any atom is 0.328 e. The van der Waals surface area contributed by atoms with Gasteiger partial charge in [-0.05, 0) is 30.5 Å². The lowest BCUT2D eigenvalue weighted by molar-refractivity contribution is -0.145. The molecule has 0 fully saturated rings. The van der Waals surface area contributed by atoms with Crippen molar-refractivity contribution in [2.24, 2.45) is 0 Å². The van der Waals surface area contributed by atoms with Gasteiger partial charge in [-0.15, -0.1) is 12.3 Å². The van der Waals surface area contributed by atoms with E-state index in [4.69, 9.17) is 6.42 Å². The third kappa shape index (κ3) is 5.92. The number of unbranched alkanes of at least 4 members (excludes halogenated alkanes) is 1. The summed E-state index contributed by atoms with van der Waals surface area (Å²) in [7, 11) is 1.21. The Kier molecular flexibility index (Phi) is 7.03. The lowest BCUT2D eigenvalue weighted by atomic mass is 10.1. The zero-order valence-corrected chi connectivity index (χ0v) is 12.2. The summed E-state index contributed by atoms with van der Waals surface area (Å²) in [6.07, 6.45) is 6.24. The molecule has 4 nitrogen and oxygen atoms in total. The molecule has 0 aromatic heterocycles. The van der Waals surface area contributed by atoms with E-state index in [-0.39, 0.29) is 12.0 Å². The van der Waals surface area contributed by atoms with E-state index in [0.717, 1.165) is 18.2 Å². The van der Waals surface area contributed by atoms with Gasteiger partial charge in [0.05, 0.1) is 13.5 Å². The largest absolute Gasteiger partial charge is 0.467 e. The second-order valence-corrected chi connectivity index (χ2v) is 4.69. The van der Waals surface area contributed by atoms with Crippen molar-refractivity contribution < 1.29 is 23.1 Å². The topological polar surface area (TPSA) is 55.4 Å². The second kappa shape index (κ2) is 8.78. The van der Waals surface area contributed by atoms with E-state index in [1.807, 2.05) is 0 Å². The van der Waals surface area contributed by atoms with Crippen LogP contribution >= 0.6 is 0 Å². The molecule has 0 bridgehead atoms. The Morgan fingerprint density at radius 3 is 2.50 bits per heavy atom. The molecular formula is C16H17F2NO3. The summed E-state index contributed by atoms with van der Waals surface area (Å²) in [5.74, 6) is -0.202. The van der Waals surface area contributed by atoms with Gasteiger partial charge in [0.1, 0.15) is 17.7 Å². The van der Waals surface area contributed by atoms with Crippen molar-refractivity contribution in [1.29, 1.82) is 0 Å². The van der Waals surface area contributed by atoms with Crippen LogP contribution in [0.3, 0.4) is 0 Å². The van der Waals surface area contributed by atoms with E-state index in [0.29, 0.717) is 19.3 Å². The minimum atomic E-state index is -0.829. The van der Waals surface area contributed by atoms with Gasteiger partial charge in [-0.25, -0.2) is 13.6 Å². The Labute approximate surface area is 127 Å². The molecule has 6 heteroatoms. The average Bonchev–Trinajstić information content (AvgIpc) is 2.44. The van der Waals surface area contributed by atoms with E-state index < -0.39 is 29.6 Å². The van der Waals surface area contributed by atoms with Crippen LogP contribution in [0.4, 0.5) is 8.78 Å². The molecule has 0 unspecified atom stereocenters. The van der Waals surface area contributed by atoms with Gasteiger partial charge in [-0.2, -0.15) is 0 Å². The molecule has 22 heavy (non-hydrogen) atoms. The second-order valence-electron chi connectivity index (χ2n) is 4.69. The van der Waals surface area contributed by atoms with Crippen LogP contribution in [-0.4, -0.2) is 25.0 Å². The molecule has 1 N–H and O–H groups in total. The SMILES string of the molecule is C#CCCC[C@@H](NC(=O)Cc1cc(F)cc(F)c1)C(=O)OC. The summed E-state index contributed by atoms with van der Waals surface area (Å²) < 4.78 is 30.7. The van der Waals surface area contributed by atoms with E-state index in [2.05, 4.69) is 16.0 Å². The number of hydrogen-bond donors (Lipinski definition) is 1. The number of hydrogen-bond acceptors (Lipinski definition) is 3. The standard InChI is InChI=1S/C16H17F2NO3/c1-3-4-5-6-14(16(21)22-2)19-15(20)9-11-7-12(17)10-13(18)8-11/h1,7-8,10,14H,4-6,9H2,2H3,(H,19,20)/t14-/m1/s1. The predicted molar refractivity (Wildman–Crippen MR) is 76.7 cm³/mol. The van der Waals surface area contributed by atoms with Gasteiger partial charge in [0.2, 0.25) is 5.91 Å². The number of rotatable bonds is 7. The number of nitrogens with one attached hydrogen (secondary N) is 1. The van der Waals surface area contributed by atoms with Crippen LogP contribution in [0.15, 0.2) is 18.2 Å². The van der Waals surface area contributed by atoms with Crippen molar-refractivity contribution in [2.75, 3.05) is 7.11 Å². The average molecular weight is 309 g/mol. The zero-order chi connectivity index (χ0) is 16.5. The molecule has 0 aliphatic heterocycles. The number of esters is 1. The van der Waals surface area contributed by atoms with E-state index in [1.165, 1.54) is 7.11 Å². The first-order valence-corrected chi connectivity index (χ1v) is 6.72. The first kappa shape index (κ1) is 17.6. The Morgan fingerprint density at radius 2 is 1.95 bits per heavy atom. The fourth-order valence-corrected chi connectivity index (χ4v) is 1.94. The maximum absolute atomic E-state index is 13.1. The molecule has 0 saturated heterocycles. The minimum absolute atomic E-state index is 0.183. The van der Waals surface area contributed by atoms with Gasteiger partial charge in [0.25, 0.3) is 0 Å². The summed E-state index contributed by atoms with van der Waals surface area (Å²) in [6, 6.07) is 2.02. The van der Waals surface area contributed by atoms with Gasteiger partial charge in [-0.3, -0.25) is 4.79 Å². The van der Waals surface area contributed by atoms with Crippen molar-refractivity contribution in [2.45, 2.75) is 31.7 Å². The molecule has 0 heterocycles. The third-order valence-corrected chi connectivity index (χ3v) is 2.92. The summed E-state index contributed by atoms with van der Waals surface area (Å²) >= 11 is 0. The molecule has 0 spiro atoms. The lowest BCUT2D eigenvalue weighted by Crippen LogP contribution is -2.42. The molecule has 1 rings (SSSR count). The molecular weight excluding hydrogens is 292 g/mol. The Balaban J connectivity index is 2.65. The van der Waals surface area contributed by atoms with Crippen molar-refractivity contribution in [3.8, 4) is 12.3 Å². The van der Waals surface area contributed by atoms with E-state index >= 15 is 0 Å². The lowest BCUT2D eigenvalue weighted by Gasteiger charge is -2.16. The third-order valence-electron chi connectivity index (χ3n) is 2.92. The normalized spacial score (nSPS) is 11.4. The Morgan fingerprint density at radius 1 is 1.32 bits per heavy atom. The molecule has 1 amide bonds. The van der Waals surface area contributed by atoms with E-state index in [1.54, 1.807) is 0 Å². The van der Waals surface area contributed by atoms with Crippen LogP contribution in [-0.2, 0) is 20.7 Å². The van der Waals surface area contributed by atoms with Crippen LogP contribution in [0, 0.1) is 24.0 Å². The fraction of sp³-hybridized carbons (Fsp3) is 0.375. The van der Waals surface area contributed by atoms with Gasteiger partial charge in [0, 0.05) is 12.5 Å². The number of halogens is 2. The van der Waals surface area contributed by atoms with Crippen LogP contribution < -0.4 is 5.32 Å². The van der Waals surface area contributed by atoms with Gasteiger partial charge in [-0.1, -0.05) is 0 Å². The molecule has 1 atom stereocenters. The van der Waals surface area contributed by atoms with Gasteiger partial charge in [0.15, 0.2) is 0 Å². The van der Waals surface area contributed by atoms with Crippen LogP contribution in [0.2, 0.25) is 0 Å². The summed E-state index contributed by atoms with van der Waals surface area (Å²) in [4.78, 5) is 23.5. The fourth-order valence-electron chi connectivity index (χ4n) is 1.94. The number of amides is 1. The smallest absolute Gasteiger partial charge is 0.328 e. The van der Waals surface area contributed by atoms with Gasteiger partial charge < -0.3 is 10.1 Å². The number of terminal acetylenes is 1. The highest BCUT2D eigenvalue weighted by Gasteiger charge is 2.21. The number of methoxy groups -OCH3 is 1. The van der Waals surface area contributed by atoms with Crippen LogP contribution in [0.5, 0.6) is 0 Å². The summed E-state index contributed by atoms with van der Waals surface area (Å²) in [5.41, 5.74) is 0.183. The monoisotopic (exact) mass is 309 g/mol. The first-order valence-electron chi connectivity index (χ1n) is 6.72. The van der Waals surface area contributed by atoms with Crippen molar-refractivity contribution in [1.82, 2.24) is 5.32 Å². The summed E-state index contributed by atoms with van der Waals surface area (Å²) in [5, 5.41) is 2.49. The molecule has 1 aromatic carbocycles. The van der Waals surface area contributed by atoms with Gasteiger partial charge >= 0.3 is 5.97 Å². The Hall–Kier alpha value is -2.42. The molecule has 118 valence electrons. The number of carbonyl (C=O) groups is 2. The first-order chi connectivity index (χ1) is 10.5. The maximum atomic E-state index is 13.1. The summed E-state index contributed by atoms with van der Waals surface area (Å²) in [6.45, 7) is 0. The number of benzene rings is 1. The van der Waals surface area contributed by atoms with E-state index in [9.17, 15) is 18.4 Å². The molecule has 0 aliphatic rings.